The van der Waals surface area contributed by atoms with Crippen LogP contribution in [-0.2, 0) is 38.4 Å². The van der Waals surface area contributed by atoms with Gasteiger partial charge in [-0.3, -0.25) is 19.3 Å². The third kappa shape index (κ3) is 10.7. The summed E-state index contributed by atoms with van der Waals surface area (Å²) in [5.74, 6) is -0.477. The summed E-state index contributed by atoms with van der Waals surface area (Å²) in [6.45, 7) is 16.2. The monoisotopic (exact) mass is 796 g/mol. The summed E-state index contributed by atoms with van der Waals surface area (Å²) < 4.78 is 6.03. The fraction of sp³-hybridized carbons (Fsp3) is 0.562. The van der Waals surface area contributed by atoms with Gasteiger partial charge in [0, 0.05) is 55.5 Å². The Kier molecular flexibility index (Phi) is 14.2. The Bertz CT molecular complexity index is 1800. The molecule has 9 heteroatoms. The molecule has 0 bridgehead atoms. The number of unbranched alkanes of at least 4 members (excludes halogenated alkanes) is 2. The van der Waals surface area contributed by atoms with Crippen molar-refractivity contribution in [1.29, 1.82) is 0 Å². The van der Waals surface area contributed by atoms with Gasteiger partial charge in [0.2, 0.25) is 11.8 Å². The molecule has 1 saturated carbocycles. The van der Waals surface area contributed by atoms with Crippen molar-refractivity contribution in [3.05, 3.63) is 106 Å². The van der Waals surface area contributed by atoms with E-state index in [2.05, 4.69) is 71.4 Å². The van der Waals surface area contributed by atoms with E-state index >= 15 is 0 Å². The first-order valence-corrected chi connectivity index (χ1v) is 21.9. The van der Waals surface area contributed by atoms with Gasteiger partial charge in [-0.05, 0) is 113 Å². The SMILES string of the molecule is CCN(CC)CCCCCC(c1ccccc1)N1CCN(C(=O)[C@@H](Cc2ccc(Cl)cc2)NC(=O)CC23Cc4ccccc4CCC2(C(=O)OC(C)(C)C)C3)CC1. The minimum absolute atomic E-state index is 0.0662. The van der Waals surface area contributed by atoms with Crippen molar-refractivity contribution >= 4 is 29.4 Å². The van der Waals surface area contributed by atoms with Crippen molar-refractivity contribution in [2.24, 2.45) is 10.8 Å². The van der Waals surface area contributed by atoms with Crippen LogP contribution in [0.15, 0.2) is 78.9 Å². The smallest absolute Gasteiger partial charge is 0.313 e. The standard InChI is InChI=1S/C48H65ClN4O4/c1-6-51(7-2)27-15-9-12-20-42(38-17-10-8-11-18-38)52-28-30-53(31-29-52)44(55)41(32-36-21-23-40(49)24-22-36)50-43(54)34-47-33-39-19-14-13-16-37(39)25-26-48(47,35-47)45(56)57-46(3,4)5/h8,10-11,13-14,16-19,21-24,41-42H,6-7,9,12,15,20,25-35H2,1-5H3,(H,50,54)/t41-,42?,47?,48?/m1/s1. The number of ether oxygens (including phenoxy) is 1. The van der Waals surface area contributed by atoms with Crippen LogP contribution in [0.4, 0.5) is 0 Å². The minimum Gasteiger partial charge on any atom is -0.460 e. The Balaban J connectivity index is 1.15. The molecule has 308 valence electrons. The van der Waals surface area contributed by atoms with E-state index < -0.39 is 22.5 Å². The number of piperazine rings is 1. The van der Waals surface area contributed by atoms with Gasteiger partial charge in [-0.25, -0.2) is 0 Å². The second-order valence-corrected chi connectivity index (χ2v) is 18.2. The van der Waals surface area contributed by atoms with Gasteiger partial charge in [-0.1, -0.05) is 105 Å². The predicted octanol–water partition coefficient (Wildman–Crippen LogP) is 8.45. The summed E-state index contributed by atoms with van der Waals surface area (Å²) in [6, 6.07) is 26.2. The lowest BCUT2D eigenvalue weighted by molar-refractivity contribution is -0.164. The fourth-order valence-corrected chi connectivity index (χ4v) is 9.70. The molecule has 1 saturated heterocycles. The molecule has 2 amide bonds. The van der Waals surface area contributed by atoms with E-state index in [1.807, 2.05) is 62.1 Å². The number of amides is 2. The Morgan fingerprint density at radius 2 is 1.53 bits per heavy atom. The molecule has 1 aliphatic heterocycles. The van der Waals surface area contributed by atoms with Crippen LogP contribution < -0.4 is 5.32 Å². The molecule has 0 radical (unpaired) electrons. The highest BCUT2D eigenvalue weighted by Gasteiger charge is 2.73. The maximum Gasteiger partial charge on any atom is 0.313 e. The van der Waals surface area contributed by atoms with Crippen molar-refractivity contribution in [3.8, 4) is 0 Å². The third-order valence-corrected chi connectivity index (χ3v) is 13.1. The zero-order chi connectivity index (χ0) is 40.6. The second-order valence-electron chi connectivity index (χ2n) is 17.8. The number of carbonyl (C=O) groups is 3. The number of nitrogens with one attached hydrogen (secondary N) is 1. The van der Waals surface area contributed by atoms with E-state index in [9.17, 15) is 14.4 Å². The predicted molar refractivity (Wildman–Crippen MR) is 229 cm³/mol. The fourth-order valence-electron chi connectivity index (χ4n) is 9.57. The van der Waals surface area contributed by atoms with Crippen LogP contribution in [0, 0.1) is 10.8 Å². The van der Waals surface area contributed by atoms with Crippen LogP contribution in [0.25, 0.3) is 0 Å². The zero-order valence-electron chi connectivity index (χ0n) is 35.0. The summed E-state index contributed by atoms with van der Waals surface area (Å²) in [7, 11) is 0. The van der Waals surface area contributed by atoms with E-state index in [4.69, 9.17) is 16.3 Å². The normalized spacial score (nSPS) is 21.8. The van der Waals surface area contributed by atoms with Gasteiger partial charge >= 0.3 is 5.97 Å². The van der Waals surface area contributed by atoms with Crippen molar-refractivity contribution in [1.82, 2.24) is 20.0 Å². The molecule has 8 nitrogen and oxygen atoms in total. The molecule has 1 heterocycles. The molecular formula is C48H65ClN4O4. The number of hydrogen-bond donors (Lipinski definition) is 1. The second kappa shape index (κ2) is 18.9. The summed E-state index contributed by atoms with van der Waals surface area (Å²) in [5.41, 5.74) is 2.75. The topological polar surface area (TPSA) is 82.2 Å². The number of esters is 1. The van der Waals surface area contributed by atoms with E-state index in [-0.39, 0.29) is 24.2 Å². The van der Waals surface area contributed by atoms with Crippen LogP contribution in [0.2, 0.25) is 5.02 Å². The molecule has 57 heavy (non-hydrogen) atoms. The summed E-state index contributed by atoms with van der Waals surface area (Å²) in [6.07, 6.45) is 7.83. The van der Waals surface area contributed by atoms with Crippen LogP contribution in [0.5, 0.6) is 0 Å². The highest BCUT2D eigenvalue weighted by atomic mass is 35.5. The van der Waals surface area contributed by atoms with Crippen LogP contribution >= 0.6 is 11.6 Å². The Hall–Kier alpha value is -3.72. The number of hydrogen-bond acceptors (Lipinski definition) is 6. The van der Waals surface area contributed by atoms with Crippen LogP contribution in [0.3, 0.4) is 0 Å². The average Bonchev–Trinajstić information content (AvgIpc) is 3.86. The Morgan fingerprint density at radius 1 is 0.860 bits per heavy atom. The summed E-state index contributed by atoms with van der Waals surface area (Å²) in [5, 5.41) is 3.83. The molecule has 6 rings (SSSR count). The van der Waals surface area contributed by atoms with Gasteiger partial charge in [0.05, 0.1) is 5.41 Å². The van der Waals surface area contributed by atoms with E-state index in [1.54, 1.807) is 0 Å². The molecule has 1 N–H and O–H groups in total. The maximum atomic E-state index is 14.5. The molecule has 0 spiro atoms. The van der Waals surface area contributed by atoms with Gasteiger partial charge in [0.1, 0.15) is 11.6 Å². The number of rotatable bonds is 17. The van der Waals surface area contributed by atoms with Crippen molar-refractivity contribution in [2.45, 2.75) is 117 Å². The largest absolute Gasteiger partial charge is 0.460 e. The number of nitrogens with zero attached hydrogens (tertiary/aromatic N) is 3. The molecule has 0 aromatic heterocycles. The number of aryl methyl sites for hydroxylation is 1. The first kappa shape index (κ1) is 42.9. The van der Waals surface area contributed by atoms with E-state index in [0.29, 0.717) is 49.8 Å². The zero-order valence-corrected chi connectivity index (χ0v) is 35.8. The Morgan fingerprint density at radius 3 is 2.19 bits per heavy atom. The van der Waals surface area contributed by atoms with E-state index in [0.717, 1.165) is 57.5 Å². The Labute approximate surface area is 346 Å². The molecule has 4 atom stereocenters. The van der Waals surface area contributed by atoms with Gasteiger partial charge in [0.25, 0.3) is 0 Å². The lowest BCUT2D eigenvalue weighted by Gasteiger charge is -2.40. The van der Waals surface area contributed by atoms with E-state index in [1.165, 1.54) is 29.5 Å². The highest BCUT2D eigenvalue weighted by molar-refractivity contribution is 6.30. The first-order valence-electron chi connectivity index (χ1n) is 21.5. The number of carbonyl (C=O) groups excluding carboxylic acids is 3. The molecular weight excluding hydrogens is 732 g/mol. The highest BCUT2D eigenvalue weighted by Crippen LogP contribution is 2.71. The lowest BCUT2D eigenvalue weighted by atomic mass is 9.83. The average molecular weight is 798 g/mol. The molecule has 2 aliphatic carbocycles. The molecule has 3 unspecified atom stereocenters. The first-order chi connectivity index (χ1) is 27.3. The van der Waals surface area contributed by atoms with Crippen molar-refractivity contribution < 1.29 is 19.1 Å². The summed E-state index contributed by atoms with van der Waals surface area (Å²) >= 11 is 6.24. The van der Waals surface area contributed by atoms with Crippen molar-refractivity contribution in [3.63, 3.8) is 0 Å². The van der Waals surface area contributed by atoms with Gasteiger partial charge in [-0.2, -0.15) is 0 Å². The number of benzene rings is 3. The quantitative estimate of drug-likeness (QED) is 0.109. The van der Waals surface area contributed by atoms with Crippen LogP contribution in [-0.4, -0.2) is 89.9 Å². The van der Waals surface area contributed by atoms with Gasteiger partial charge in [-0.15, -0.1) is 0 Å². The molecule has 3 aliphatic rings. The molecule has 3 aromatic carbocycles. The summed E-state index contributed by atoms with van der Waals surface area (Å²) in [4.78, 5) is 49.7. The molecule has 3 aromatic rings. The van der Waals surface area contributed by atoms with Gasteiger partial charge in [0.15, 0.2) is 0 Å². The maximum absolute atomic E-state index is 14.5. The van der Waals surface area contributed by atoms with Crippen molar-refractivity contribution in [2.75, 3.05) is 45.8 Å². The van der Waals surface area contributed by atoms with Crippen LogP contribution in [0.1, 0.15) is 108 Å². The number of halogens is 1. The minimum atomic E-state index is -0.745. The third-order valence-electron chi connectivity index (χ3n) is 12.9. The van der Waals surface area contributed by atoms with Gasteiger partial charge < -0.3 is 19.9 Å². The molecule has 2 fully saturated rings. The lowest BCUT2D eigenvalue weighted by Crippen LogP contribution is -2.56. The number of fused-ring (bicyclic) bond motifs is 2.